The number of benzene rings is 1. The van der Waals surface area contributed by atoms with Gasteiger partial charge in [-0.15, -0.1) is 5.10 Å². The minimum Gasteiger partial charge on any atom is -0.481 e. The zero-order valence-corrected chi connectivity index (χ0v) is 18.3. The summed E-state index contributed by atoms with van der Waals surface area (Å²) in [6.07, 6.45) is 1.94. The number of hydrogen-bond donors (Lipinski definition) is 3. The first-order valence-electron chi connectivity index (χ1n) is 10.7. The van der Waals surface area contributed by atoms with Gasteiger partial charge in [-0.1, -0.05) is 26.8 Å². The molecule has 1 aromatic heterocycles. The lowest BCUT2D eigenvalue weighted by Gasteiger charge is -2.38. The third-order valence-electron chi connectivity index (χ3n) is 5.41. The molecule has 0 spiro atoms. The van der Waals surface area contributed by atoms with Crippen LogP contribution < -0.4 is 10.2 Å². The van der Waals surface area contributed by atoms with E-state index >= 15 is 0 Å². The molecule has 0 unspecified atom stereocenters. The number of ether oxygens (including phenoxy) is 1. The molecule has 0 saturated carbocycles. The number of carbonyl (C=O) groups is 1. The van der Waals surface area contributed by atoms with Gasteiger partial charge in [0.05, 0.1) is 17.8 Å². The maximum absolute atomic E-state index is 11.2. The van der Waals surface area contributed by atoms with Gasteiger partial charge in [-0.05, 0) is 42.4 Å². The van der Waals surface area contributed by atoms with Crippen LogP contribution in [0.3, 0.4) is 0 Å². The number of H-pyrrole nitrogens is 1. The van der Waals surface area contributed by atoms with Crippen LogP contribution in [-0.2, 0) is 9.53 Å². The van der Waals surface area contributed by atoms with Gasteiger partial charge in [0.1, 0.15) is 6.07 Å². The highest BCUT2D eigenvalue weighted by Gasteiger charge is 2.25. The highest BCUT2D eigenvalue weighted by atomic mass is 16.5. The molecule has 0 aliphatic carbocycles. The van der Waals surface area contributed by atoms with Crippen molar-refractivity contribution in [3.8, 4) is 6.07 Å². The Labute approximate surface area is 182 Å². The van der Waals surface area contributed by atoms with Crippen LogP contribution in [0.25, 0.3) is 0 Å². The Morgan fingerprint density at radius 3 is 2.74 bits per heavy atom. The quantitative estimate of drug-likeness (QED) is 0.555. The van der Waals surface area contributed by atoms with Crippen molar-refractivity contribution >= 4 is 23.3 Å². The number of rotatable bonds is 9. The highest BCUT2D eigenvalue weighted by Crippen LogP contribution is 2.35. The van der Waals surface area contributed by atoms with E-state index in [4.69, 9.17) is 10.00 Å². The molecule has 1 saturated heterocycles. The van der Waals surface area contributed by atoms with Crippen LogP contribution in [0.15, 0.2) is 18.2 Å². The van der Waals surface area contributed by atoms with Crippen LogP contribution in [0.4, 0.5) is 17.3 Å². The number of aromatic amines is 1. The SMILES string of the molecule is CC(C)CN(c1ccc([C@H](C)CC(=O)O)cc1Nc1n[nH]c(C#N)n1)C1CCOCC1. The van der Waals surface area contributed by atoms with Gasteiger partial charge in [-0.25, -0.2) is 5.10 Å². The number of aliphatic carboxylic acids is 1. The van der Waals surface area contributed by atoms with E-state index in [0.29, 0.717) is 17.9 Å². The zero-order chi connectivity index (χ0) is 22.4. The zero-order valence-electron chi connectivity index (χ0n) is 18.3. The number of nitriles is 1. The van der Waals surface area contributed by atoms with Crippen LogP contribution in [0, 0.1) is 17.2 Å². The van der Waals surface area contributed by atoms with Crippen LogP contribution >= 0.6 is 0 Å². The molecule has 31 heavy (non-hydrogen) atoms. The Balaban J connectivity index is 2.00. The number of aromatic nitrogens is 3. The van der Waals surface area contributed by atoms with Gasteiger partial charge < -0.3 is 20.1 Å². The molecule has 0 amide bonds. The minimum atomic E-state index is -0.831. The summed E-state index contributed by atoms with van der Waals surface area (Å²) in [4.78, 5) is 17.8. The van der Waals surface area contributed by atoms with Crippen molar-refractivity contribution in [1.82, 2.24) is 15.2 Å². The van der Waals surface area contributed by atoms with Gasteiger partial charge in [0.25, 0.3) is 0 Å². The summed E-state index contributed by atoms with van der Waals surface area (Å²) >= 11 is 0. The van der Waals surface area contributed by atoms with Gasteiger partial charge in [0, 0.05) is 25.8 Å². The van der Waals surface area contributed by atoms with Crippen molar-refractivity contribution in [2.75, 3.05) is 30.0 Å². The highest BCUT2D eigenvalue weighted by molar-refractivity contribution is 5.75. The second-order valence-corrected chi connectivity index (χ2v) is 8.41. The van der Waals surface area contributed by atoms with E-state index in [0.717, 1.165) is 49.5 Å². The molecule has 1 aliphatic heterocycles. The average molecular weight is 427 g/mol. The van der Waals surface area contributed by atoms with E-state index in [1.54, 1.807) is 0 Å². The molecule has 1 atom stereocenters. The van der Waals surface area contributed by atoms with Gasteiger partial charge in [-0.2, -0.15) is 10.2 Å². The molecular formula is C22H30N6O3. The number of nitrogens with zero attached hydrogens (tertiary/aromatic N) is 4. The fraction of sp³-hybridized carbons (Fsp3) is 0.545. The topological polar surface area (TPSA) is 127 Å². The van der Waals surface area contributed by atoms with E-state index in [1.165, 1.54) is 0 Å². The van der Waals surface area contributed by atoms with Crippen molar-refractivity contribution in [2.24, 2.45) is 5.92 Å². The van der Waals surface area contributed by atoms with Crippen LogP contribution in [-0.4, -0.2) is 52.1 Å². The first kappa shape index (κ1) is 22.6. The van der Waals surface area contributed by atoms with Gasteiger partial charge >= 0.3 is 5.97 Å². The molecule has 2 aromatic rings. The Morgan fingerprint density at radius 2 is 2.13 bits per heavy atom. The van der Waals surface area contributed by atoms with Crippen LogP contribution in [0.5, 0.6) is 0 Å². The predicted molar refractivity (Wildman–Crippen MR) is 118 cm³/mol. The lowest BCUT2D eigenvalue weighted by Crippen LogP contribution is -2.42. The average Bonchev–Trinajstić information content (AvgIpc) is 3.20. The van der Waals surface area contributed by atoms with Gasteiger partial charge in [0.2, 0.25) is 11.8 Å². The van der Waals surface area contributed by atoms with Crippen LogP contribution in [0.2, 0.25) is 0 Å². The predicted octanol–water partition coefficient (Wildman–Crippen LogP) is 3.64. The molecule has 9 heteroatoms. The Bertz CT molecular complexity index is 930. The number of carboxylic acids is 1. The molecule has 0 bridgehead atoms. The summed E-state index contributed by atoms with van der Waals surface area (Å²) in [6, 6.07) is 8.31. The molecule has 166 valence electrons. The first-order chi connectivity index (χ1) is 14.9. The van der Waals surface area contributed by atoms with Gasteiger partial charge in [0.15, 0.2) is 0 Å². The molecule has 1 fully saturated rings. The Morgan fingerprint density at radius 1 is 1.39 bits per heavy atom. The van der Waals surface area contributed by atoms with Crippen LogP contribution in [0.1, 0.15) is 57.3 Å². The van der Waals surface area contributed by atoms with Crippen molar-refractivity contribution < 1.29 is 14.6 Å². The number of anilines is 3. The van der Waals surface area contributed by atoms with E-state index in [1.807, 2.05) is 31.2 Å². The smallest absolute Gasteiger partial charge is 0.303 e. The number of carboxylic acid groups (broad SMARTS) is 1. The second kappa shape index (κ2) is 10.3. The number of hydrogen-bond acceptors (Lipinski definition) is 7. The second-order valence-electron chi connectivity index (χ2n) is 8.41. The molecule has 1 aromatic carbocycles. The number of nitrogens with one attached hydrogen (secondary N) is 2. The molecule has 9 nitrogen and oxygen atoms in total. The van der Waals surface area contributed by atoms with Crippen molar-refractivity contribution in [2.45, 2.75) is 52.0 Å². The Kier molecular flexibility index (Phi) is 7.47. The summed E-state index contributed by atoms with van der Waals surface area (Å²) in [7, 11) is 0. The van der Waals surface area contributed by atoms with E-state index in [2.05, 4.69) is 39.2 Å². The fourth-order valence-corrected chi connectivity index (χ4v) is 3.91. The summed E-state index contributed by atoms with van der Waals surface area (Å²) in [5.74, 6) is -0.0897. The summed E-state index contributed by atoms with van der Waals surface area (Å²) < 4.78 is 5.57. The third-order valence-corrected chi connectivity index (χ3v) is 5.41. The molecule has 1 aliphatic rings. The van der Waals surface area contributed by atoms with Crippen molar-refractivity contribution in [1.29, 1.82) is 5.26 Å². The van der Waals surface area contributed by atoms with E-state index < -0.39 is 5.97 Å². The monoisotopic (exact) mass is 426 g/mol. The van der Waals surface area contributed by atoms with Gasteiger partial charge in [-0.3, -0.25) is 4.79 Å². The maximum Gasteiger partial charge on any atom is 0.303 e. The van der Waals surface area contributed by atoms with E-state index in [9.17, 15) is 9.90 Å². The lowest BCUT2D eigenvalue weighted by atomic mass is 9.95. The third kappa shape index (κ3) is 5.95. The molecule has 3 rings (SSSR count). The van der Waals surface area contributed by atoms with Crippen molar-refractivity contribution in [3.05, 3.63) is 29.6 Å². The summed E-state index contributed by atoms with van der Waals surface area (Å²) in [5, 5.41) is 28.2. The van der Waals surface area contributed by atoms with Crippen molar-refractivity contribution in [3.63, 3.8) is 0 Å². The normalized spacial score (nSPS) is 15.5. The molecule has 2 heterocycles. The Hall–Kier alpha value is -3.12. The lowest BCUT2D eigenvalue weighted by molar-refractivity contribution is -0.137. The molecular weight excluding hydrogens is 396 g/mol. The largest absolute Gasteiger partial charge is 0.481 e. The molecule has 3 N–H and O–H groups in total. The minimum absolute atomic E-state index is 0.0493. The standard InChI is InChI=1S/C22H30N6O3/c1-14(2)13-28(17-6-8-31-9-7-17)19-5-4-16(15(3)10-21(29)30)11-18(19)24-22-25-20(12-23)26-27-22/h4-5,11,14-15,17H,6-10,13H2,1-3H3,(H,29,30)(H2,24,25,26,27)/t15-/m1/s1. The fourth-order valence-electron chi connectivity index (χ4n) is 3.91. The summed E-state index contributed by atoms with van der Waals surface area (Å²) in [5.41, 5.74) is 2.72. The maximum atomic E-state index is 11.2. The first-order valence-corrected chi connectivity index (χ1v) is 10.7. The molecule has 0 radical (unpaired) electrons. The summed E-state index contributed by atoms with van der Waals surface area (Å²) in [6.45, 7) is 8.64. The van der Waals surface area contributed by atoms with E-state index in [-0.39, 0.29) is 18.2 Å².